The summed E-state index contributed by atoms with van der Waals surface area (Å²) in [5.74, 6) is -0.524. The largest absolute Gasteiger partial charge is 0.355 e. The zero-order valence-corrected chi connectivity index (χ0v) is 15.3. The number of benzene rings is 2. The Morgan fingerprint density at radius 1 is 1.00 bits per heavy atom. The lowest BCUT2D eigenvalue weighted by molar-refractivity contribution is -0.131. The molecular formula is C20H24FN3O2. The number of nitrogens with one attached hydrogen (secondary N) is 1. The first-order valence-corrected chi connectivity index (χ1v) is 8.37. The molecule has 0 atom stereocenters. The molecule has 0 aromatic heterocycles. The van der Waals surface area contributed by atoms with Crippen LogP contribution in [0.5, 0.6) is 0 Å². The van der Waals surface area contributed by atoms with Crippen LogP contribution in [0.15, 0.2) is 48.5 Å². The summed E-state index contributed by atoms with van der Waals surface area (Å²) in [5.41, 5.74) is 2.10. The normalized spacial score (nSPS) is 10.7. The Morgan fingerprint density at radius 2 is 1.65 bits per heavy atom. The maximum Gasteiger partial charge on any atom is 0.251 e. The summed E-state index contributed by atoms with van der Waals surface area (Å²) in [4.78, 5) is 27.3. The molecule has 0 fully saturated rings. The molecule has 2 aromatic rings. The number of likely N-dealkylation sites (N-methyl/N-ethyl adjacent to an activating group) is 2. The van der Waals surface area contributed by atoms with E-state index in [0.717, 1.165) is 5.56 Å². The zero-order valence-electron chi connectivity index (χ0n) is 15.3. The van der Waals surface area contributed by atoms with E-state index >= 15 is 0 Å². The number of hydrogen-bond donors (Lipinski definition) is 1. The van der Waals surface area contributed by atoms with Gasteiger partial charge in [-0.2, -0.15) is 0 Å². The summed E-state index contributed by atoms with van der Waals surface area (Å²) < 4.78 is 13.7. The molecule has 0 aliphatic heterocycles. The van der Waals surface area contributed by atoms with Gasteiger partial charge >= 0.3 is 0 Å². The molecule has 26 heavy (non-hydrogen) atoms. The number of halogens is 1. The highest BCUT2D eigenvalue weighted by Crippen LogP contribution is 2.10. The summed E-state index contributed by atoms with van der Waals surface area (Å²) in [6, 6.07) is 13.7. The van der Waals surface area contributed by atoms with E-state index in [2.05, 4.69) is 5.32 Å². The third kappa shape index (κ3) is 5.39. The standard InChI is InChI=1S/C20H24FN3O2/c1-22-20(26)16-10-8-15(9-11-16)12-23(2)14-19(25)24(3)13-17-6-4-5-7-18(17)21/h4-11H,12-14H2,1-3H3,(H,22,26). The monoisotopic (exact) mass is 357 g/mol. The first-order valence-electron chi connectivity index (χ1n) is 8.37. The summed E-state index contributed by atoms with van der Waals surface area (Å²) in [7, 11) is 5.11. The quantitative estimate of drug-likeness (QED) is 0.827. The lowest BCUT2D eigenvalue weighted by Gasteiger charge is -2.22. The fraction of sp³-hybridized carbons (Fsp3) is 0.300. The van der Waals surface area contributed by atoms with Crippen LogP contribution in [0.25, 0.3) is 0 Å². The van der Waals surface area contributed by atoms with Crippen LogP contribution in [0, 0.1) is 5.82 Å². The Bertz CT molecular complexity index is 762. The number of hydrogen-bond acceptors (Lipinski definition) is 3. The fourth-order valence-corrected chi connectivity index (χ4v) is 2.60. The van der Waals surface area contributed by atoms with Crippen molar-refractivity contribution >= 4 is 11.8 Å². The van der Waals surface area contributed by atoms with Crippen LogP contribution in [0.2, 0.25) is 0 Å². The minimum atomic E-state index is -0.309. The molecule has 138 valence electrons. The molecule has 0 heterocycles. The van der Waals surface area contributed by atoms with Crippen molar-refractivity contribution in [2.45, 2.75) is 13.1 Å². The van der Waals surface area contributed by atoms with Crippen LogP contribution < -0.4 is 5.32 Å². The van der Waals surface area contributed by atoms with E-state index < -0.39 is 0 Å². The highest BCUT2D eigenvalue weighted by atomic mass is 19.1. The summed E-state index contributed by atoms with van der Waals surface area (Å²) in [6.45, 7) is 1.04. The van der Waals surface area contributed by atoms with Gasteiger partial charge in [-0.05, 0) is 30.8 Å². The molecule has 1 N–H and O–H groups in total. The molecule has 2 amide bonds. The minimum Gasteiger partial charge on any atom is -0.355 e. The highest BCUT2D eigenvalue weighted by molar-refractivity contribution is 5.93. The van der Waals surface area contributed by atoms with Gasteiger partial charge < -0.3 is 10.2 Å². The second-order valence-electron chi connectivity index (χ2n) is 6.29. The average molecular weight is 357 g/mol. The fourth-order valence-electron chi connectivity index (χ4n) is 2.60. The van der Waals surface area contributed by atoms with E-state index in [9.17, 15) is 14.0 Å². The van der Waals surface area contributed by atoms with E-state index in [4.69, 9.17) is 0 Å². The van der Waals surface area contributed by atoms with Crippen molar-refractivity contribution in [2.75, 3.05) is 27.7 Å². The molecule has 2 rings (SSSR count). The van der Waals surface area contributed by atoms with Crippen LogP contribution in [0.1, 0.15) is 21.5 Å². The third-order valence-electron chi connectivity index (χ3n) is 4.09. The molecule has 0 aliphatic carbocycles. The van der Waals surface area contributed by atoms with Gasteiger partial charge in [0.1, 0.15) is 5.82 Å². The third-order valence-corrected chi connectivity index (χ3v) is 4.09. The molecule has 0 aliphatic rings. The van der Waals surface area contributed by atoms with Gasteiger partial charge in [0.05, 0.1) is 6.54 Å². The van der Waals surface area contributed by atoms with Crippen molar-refractivity contribution in [3.8, 4) is 0 Å². The molecule has 0 saturated carbocycles. The average Bonchev–Trinajstić information content (AvgIpc) is 2.63. The van der Waals surface area contributed by atoms with Gasteiger partial charge in [-0.1, -0.05) is 30.3 Å². The van der Waals surface area contributed by atoms with Crippen molar-refractivity contribution in [1.82, 2.24) is 15.1 Å². The Kier molecular flexibility index (Phi) is 6.86. The lowest BCUT2D eigenvalue weighted by atomic mass is 10.1. The predicted octanol–water partition coefficient (Wildman–Crippen LogP) is 2.28. The van der Waals surface area contributed by atoms with E-state index in [-0.39, 0.29) is 30.7 Å². The molecular weight excluding hydrogens is 333 g/mol. The Morgan fingerprint density at radius 3 is 2.27 bits per heavy atom. The van der Waals surface area contributed by atoms with Crippen molar-refractivity contribution in [3.05, 3.63) is 71.0 Å². The van der Waals surface area contributed by atoms with E-state index in [0.29, 0.717) is 17.7 Å². The molecule has 0 bridgehead atoms. The number of carbonyl (C=O) groups is 2. The molecule has 0 spiro atoms. The Balaban J connectivity index is 1.88. The number of rotatable bonds is 7. The van der Waals surface area contributed by atoms with Crippen LogP contribution in [0.3, 0.4) is 0 Å². The van der Waals surface area contributed by atoms with E-state index in [1.165, 1.54) is 11.0 Å². The first-order chi connectivity index (χ1) is 12.4. The Hall–Kier alpha value is -2.73. The summed E-state index contributed by atoms with van der Waals surface area (Å²) in [6.07, 6.45) is 0. The number of amides is 2. The van der Waals surface area contributed by atoms with Crippen molar-refractivity contribution in [2.24, 2.45) is 0 Å². The molecule has 2 aromatic carbocycles. The number of carbonyl (C=O) groups excluding carboxylic acids is 2. The molecule has 5 nitrogen and oxygen atoms in total. The molecule has 0 unspecified atom stereocenters. The number of nitrogens with zero attached hydrogens (tertiary/aromatic N) is 2. The van der Waals surface area contributed by atoms with Crippen LogP contribution in [-0.2, 0) is 17.9 Å². The van der Waals surface area contributed by atoms with Gasteiger partial charge in [-0.25, -0.2) is 4.39 Å². The minimum absolute atomic E-state index is 0.0854. The maximum atomic E-state index is 13.7. The van der Waals surface area contributed by atoms with Gasteiger partial charge in [0.25, 0.3) is 5.91 Å². The molecule has 0 radical (unpaired) electrons. The molecule has 6 heteroatoms. The Labute approximate surface area is 153 Å². The summed E-state index contributed by atoms with van der Waals surface area (Å²) in [5, 5.41) is 2.58. The smallest absolute Gasteiger partial charge is 0.251 e. The first kappa shape index (κ1) is 19.6. The van der Waals surface area contributed by atoms with Gasteiger partial charge in [0, 0.05) is 38.3 Å². The second-order valence-corrected chi connectivity index (χ2v) is 6.29. The van der Waals surface area contributed by atoms with Crippen LogP contribution in [0.4, 0.5) is 4.39 Å². The van der Waals surface area contributed by atoms with E-state index in [1.54, 1.807) is 44.4 Å². The lowest BCUT2D eigenvalue weighted by Crippen LogP contribution is -2.36. The van der Waals surface area contributed by atoms with Gasteiger partial charge in [0.2, 0.25) is 5.91 Å². The van der Waals surface area contributed by atoms with Crippen LogP contribution in [-0.4, -0.2) is 49.3 Å². The summed E-state index contributed by atoms with van der Waals surface area (Å²) >= 11 is 0. The van der Waals surface area contributed by atoms with Crippen LogP contribution >= 0.6 is 0 Å². The van der Waals surface area contributed by atoms with Crippen molar-refractivity contribution in [3.63, 3.8) is 0 Å². The maximum absolute atomic E-state index is 13.7. The second kappa shape index (κ2) is 9.10. The topological polar surface area (TPSA) is 52.7 Å². The molecule has 0 saturated heterocycles. The van der Waals surface area contributed by atoms with E-state index in [1.807, 2.05) is 24.1 Å². The zero-order chi connectivity index (χ0) is 19.1. The predicted molar refractivity (Wildman–Crippen MR) is 99.0 cm³/mol. The van der Waals surface area contributed by atoms with Gasteiger partial charge in [-0.15, -0.1) is 0 Å². The van der Waals surface area contributed by atoms with Crippen molar-refractivity contribution in [1.29, 1.82) is 0 Å². The van der Waals surface area contributed by atoms with Gasteiger partial charge in [0.15, 0.2) is 0 Å². The SMILES string of the molecule is CNC(=O)c1ccc(CN(C)CC(=O)N(C)Cc2ccccc2F)cc1. The van der Waals surface area contributed by atoms with Gasteiger partial charge in [-0.3, -0.25) is 14.5 Å². The van der Waals surface area contributed by atoms with Crippen molar-refractivity contribution < 1.29 is 14.0 Å². The highest BCUT2D eigenvalue weighted by Gasteiger charge is 2.14.